The largest absolute Gasteiger partial charge is 0.483 e. The van der Waals surface area contributed by atoms with E-state index >= 15 is 0 Å². The average Bonchev–Trinajstić information content (AvgIpc) is 2.46. The zero-order chi connectivity index (χ0) is 16.3. The Morgan fingerprint density at radius 2 is 2.14 bits per heavy atom. The van der Waals surface area contributed by atoms with Gasteiger partial charge in [0.15, 0.2) is 6.61 Å². The molecule has 2 N–H and O–H groups in total. The number of nitrogens with zero attached hydrogens (tertiary/aromatic N) is 1. The highest BCUT2D eigenvalue weighted by Gasteiger charge is 2.31. The molecule has 0 bridgehead atoms. The van der Waals surface area contributed by atoms with Crippen LogP contribution in [0.25, 0.3) is 0 Å². The molecular formula is C16H21ClN2O3. The number of piperidine rings is 1. The van der Waals surface area contributed by atoms with Crippen molar-refractivity contribution in [2.45, 2.75) is 32.7 Å². The molecule has 1 saturated heterocycles. The van der Waals surface area contributed by atoms with Crippen molar-refractivity contribution in [3.8, 4) is 5.75 Å². The molecule has 2 atom stereocenters. The summed E-state index contributed by atoms with van der Waals surface area (Å²) in [5.74, 6) is -0.113. The molecule has 22 heavy (non-hydrogen) atoms. The molecule has 120 valence electrons. The Morgan fingerprint density at radius 3 is 2.77 bits per heavy atom. The minimum absolute atomic E-state index is 0.0572. The van der Waals surface area contributed by atoms with Crippen molar-refractivity contribution in [1.29, 1.82) is 0 Å². The summed E-state index contributed by atoms with van der Waals surface area (Å²) in [6.45, 7) is 4.16. The predicted octanol–water partition coefficient (Wildman–Crippen LogP) is 2.14. The number of benzene rings is 1. The van der Waals surface area contributed by atoms with E-state index in [9.17, 15) is 9.59 Å². The molecule has 1 aromatic carbocycles. The fourth-order valence-electron chi connectivity index (χ4n) is 2.68. The van der Waals surface area contributed by atoms with Crippen molar-refractivity contribution in [2.24, 2.45) is 11.7 Å². The van der Waals surface area contributed by atoms with Crippen molar-refractivity contribution < 1.29 is 14.3 Å². The molecule has 0 saturated carbocycles. The van der Waals surface area contributed by atoms with Crippen molar-refractivity contribution in [3.05, 3.63) is 28.8 Å². The molecule has 5 nitrogen and oxygen atoms in total. The highest BCUT2D eigenvalue weighted by atomic mass is 35.5. The number of amides is 2. The van der Waals surface area contributed by atoms with E-state index in [1.54, 1.807) is 23.1 Å². The van der Waals surface area contributed by atoms with Crippen LogP contribution in [0.15, 0.2) is 18.2 Å². The summed E-state index contributed by atoms with van der Waals surface area (Å²) >= 11 is 5.89. The molecule has 2 amide bonds. The topological polar surface area (TPSA) is 72.6 Å². The second kappa shape index (κ2) is 7.01. The maximum absolute atomic E-state index is 12.4. The van der Waals surface area contributed by atoms with E-state index in [1.165, 1.54) is 0 Å². The molecule has 1 heterocycles. The van der Waals surface area contributed by atoms with Crippen LogP contribution in [0.2, 0.25) is 5.02 Å². The number of nitrogens with two attached hydrogens (primary N) is 1. The Morgan fingerprint density at radius 1 is 1.41 bits per heavy atom. The second-order valence-electron chi connectivity index (χ2n) is 5.77. The lowest BCUT2D eigenvalue weighted by Crippen LogP contribution is -2.50. The highest BCUT2D eigenvalue weighted by Crippen LogP contribution is 2.24. The standard InChI is InChI=1S/C16H21ClN2O3/c1-10-7-13(17)5-6-14(10)22-9-15(20)19-8-12(16(18)21)4-3-11(19)2/h5-7,11-12H,3-4,8-9H2,1-2H3,(H2,18,21)/t11-,12-/m0/s1. The second-order valence-corrected chi connectivity index (χ2v) is 6.21. The van der Waals surface area contributed by atoms with Gasteiger partial charge >= 0.3 is 0 Å². The first-order valence-corrected chi connectivity index (χ1v) is 7.74. The van der Waals surface area contributed by atoms with E-state index in [4.69, 9.17) is 22.1 Å². The Bertz CT molecular complexity index is 577. The Labute approximate surface area is 135 Å². The summed E-state index contributed by atoms with van der Waals surface area (Å²) < 4.78 is 5.58. The van der Waals surface area contributed by atoms with Gasteiger partial charge in [-0.05, 0) is 50.5 Å². The third-order valence-corrected chi connectivity index (χ3v) is 4.33. The van der Waals surface area contributed by atoms with Gasteiger partial charge in [-0.15, -0.1) is 0 Å². The summed E-state index contributed by atoms with van der Waals surface area (Å²) in [7, 11) is 0. The number of rotatable bonds is 4. The van der Waals surface area contributed by atoms with E-state index in [2.05, 4.69) is 0 Å². The number of carbonyl (C=O) groups excluding carboxylic acids is 2. The molecule has 1 aliphatic heterocycles. The fraction of sp³-hybridized carbons (Fsp3) is 0.500. The van der Waals surface area contributed by atoms with Gasteiger partial charge in [0.05, 0.1) is 5.92 Å². The van der Waals surface area contributed by atoms with E-state index < -0.39 is 0 Å². The zero-order valence-corrected chi connectivity index (χ0v) is 13.6. The van der Waals surface area contributed by atoms with Crippen molar-refractivity contribution in [3.63, 3.8) is 0 Å². The molecule has 1 aliphatic rings. The van der Waals surface area contributed by atoms with Gasteiger partial charge in [0.25, 0.3) is 5.91 Å². The number of carbonyl (C=O) groups is 2. The van der Waals surface area contributed by atoms with Gasteiger partial charge < -0.3 is 15.4 Å². The normalized spacial score (nSPS) is 21.5. The summed E-state index contributed by atoms with van der Waals surface area (Å²) in [5.41, 5.74) is 6.23. The number of likely N-dealkylation sites (tertiary alicyclic amines) is 1. The van der Waals surface area contributed by atoms with Gasteiger partial charge in [-0.3, -0.25) is 9.59 Å². The van der Waals surface area contributed by atoms with Crippen LogP contribution < -0.4 is 10.5 Å². The van der Waals surface area contributed by atoms with E-state index in [0.717, 1.165) is 18.4 Å². The van der Waals surface area contributed by atoms with Crippen molar-refractivity contribution in [2.75, 3.05) is 13.2 Å². The van der Waals surface area contributed by atoms with Crippen molar-refractivity contribution >= 4 is 23.4 Å². The molecule has 0 aliphatic carbocycles. The molecule has 6 heteroatoms. The lowest BCUT2D eigenvalue weighted by Gasteiger charge is -2.36. The summed E-state index contributed by atoms with van der Waals surface area (Å²) in [6.07, 6.45) is 1.51. The summed E-state index contributed by atoms with van der Waals surface area (Å²) in [4.78, 5) is 25.4. The van der Waals surface area contributed by atoms with Gasteiger partial charge in [0, 0.05) is 17.6 Å². The molecule has 0 radical (unpaired) electrons. The number of hydrogen-bond acceptors (Lipinski definition) is 3. The van der Waals surface area contributed by atoms with Gasteiger partial charge in [-0.2, -0.15) is 0 Å². The first kappa shape index (κ1) is 16.6. The van der Waals surface area contributed by atoms with Crippen LogP contribution >= 0.6 is 11.6 Å². The zero-order valence-electron chi connectivity index (χ0n) is 12.8. The Hall–Kier alpha value is -1.75. The van der Waals surface area contributed by atoms with Crippen LogP contribution in [0.5, 0.6) is 5.75 Å². The summed E-state index contributed by atoms with van der Waals surface area (Å²) in [6, 6.07) is 5.35. The minimum atomic E-state index is -0.348. The molecule has 1 aromatic rings. The first-order chi connectivity index (χ1) is 10.4. The van der Waals surface area contributed by atoms with Crippen LogP contribution in [-0.2, 0) is 9.59 Å². The van der Waals surface area contributed by atoms with Gasteiger partial charge in [-0.25, -0.2) is 0 Å². The number of ether oxygens (including phenoxy) is 1. The van der Waals surface area contributed by atoms with Gasteiger partial charge in [0.1, 0.15) is 5.75 Å². The van der Waals surface area contributed by atoms with Crippen LogP contribution in [0.1, 0.15) is 25.3 Å². The SMILES string of the molecule is Cc1cc(Cl)ccc1OCC(=O)N1C[C@@H](C(N)=O)CC[C@@H]1C. The van der Waals surface area contributed by atoms with E-state index in [-0.39, 0.29) is 30.4 Å². The number of primary amides is 1. The van der Waals surface area contributed by atoms with Gasteiger partial charge in [-0.1, -0.05) is 11.6 Å². The predicted molar refractivity (Wildman–Crippen MR) is 84.8 cm³/mol. The maximum atomic E-state index is 12.4. The van der Waals surface area contributed by atoms with Crippen LogP contribution in [0.4, 0.5) is 0 Å². The van der Waals surface area contributed by atoms with E-state index in [0.29, 0.717) is 17.3 Å². The maximum Gasteiger partial charge on any atom is 0.260 e. The fourth-order valence-corrected chi connectivity index (χ4v) is 2.91. The number of aryl methyl sites for hydroxylation is 1. The third kappa shape index (κ3) is 3.91. The van der Waals surface area contributed by atoms with Gasteiger partial charge in [0.2, 0.25) is 5.91 Å². The number of hydrogen-bond donors (Lipinski definition) is 1. The summed E-state index contributed by atoms with van der Waals surface area (Å²) in [5, 5.41) is 0.630. The van der Waals surface area contributed by atoms with Crippen molar-refractivity contribution in [1.82, 2.24) is 4.90 Å². The lowest BCUT2D eigenvalue weighted by atomic mass is 9.93. The first-order valence-electron chi connectivity index (χ1n) is 7.36. The average molecular weight is 325 g/mol. The van der Waals surface area contributed by atoms with Crippen LogP contribution in [0, 0.1) is 12.8 Å². The Balaban J connectivity index is 1.97. The molecule has 0 aromatic heterocycles. The smallest absolute Gasteiger partial charge is 0.260 e. The number of halogens is 1. The minimum Gasteiger partial charge on any atom is -0.483 e. The van der Waals surface area contributed by atoms with E-state index in [1.807, 2.05) is 13.8 Å². The monoisotopic (exact) mass is 324 g/mol. The molecule has 0 unspecified atom stereocenters. The lowest BCUT2D eigenvalue weighted by molar-refractivity contribution is -0.139. The van der Waals surface area contributed by atoms with Crippen LogP contribution in [-0.4, -0.2) is 35.9 Å². The van der Waals surface area contributed by atoms with Crippen LogP contribution in [0.3, 0.4) is 0 Å². The quantitative estimate of drug-likeness (QED) is 0.922. The third-order valence-electron chi connectivity index (χ3n) is 4.09. The molecule has 1 fully saturated rings. The molecular weight excluding hydrogens is 304 g/mol. The molecule has 0 spiro atoms. The molecule has 2 rings (SSSR count). The Kier molecular flexibility index (Phi) is 5.29. The highest BCUT2D eigenvalue weighted by molar-refractivity contribution is 6.30.